The number of hydrogen-bond donors (Lipinski definition) is 1. The predicted octanol–water partition coefficient (Wildman–Crippen LogP) is 5.87. The molecule has 1 N–H and O–H groups in total. The van der Waals surface area contributed by atoms with Gasteiger partial charge in [-0.05, 0) is 73.4 Å². The van der Waals surface area contributed by atoms with Gasteiger partial charge in [-0.25, -0.2) is 0 Å². The van der Waals surface area contributed by atoms with E-state index in [0.29, 0.717) is 5.75 Å². The van der Waals surface area contributed by atoms with Gasteiger partial charge in [0, 0.05) is 18.8 Å². The van der Waals surface area contributed by atoms with Gasteiger partial charge >= 0.3 is 0 Å². The van der Waals surface area contributed by atoms with Gasteiger partial charge in [0.25, 0.3) is 5.91 Å². The molecule has 1 saturated heterocycles. The van der Waals surface area contributed by atoms with Gasteiger partial charge in [-0.2, -0.15) is 0 Å². The summed E-state index contributed by atoms with van der Waals surface area (Å²) in [7, 11) is 0. The molecule has 2 aromatic carbocycles. The number of benzene rings is 2. The van der Waals surface area contributed by atoms with Gasteiger partial charge in [-0.3, -0.25) is 4.79 Å². The maximum atomic E-state index is 12.7. The number of amides is 1. The first kappa shape index (κ1) is 23.2. The number of piperidine rings is 1. The van der Waals surface area contributed by atoms with E-state index in [-0.39, 0.29) is 17.4 Å². The standard InChI is InChI=1S/C27H38N2O2/c1-19-15-17-29(18-16-19)24-11-7-22(8-12-24)20(2)28-26(30)21(3)31-25-13-9-23(10-14-25)27(4,5)6/h7-14,19-21H,15-18H2,1-6H3,(H,28,30). The Morgan fingerprint density at radius 2 is 1.58 bits per heavy atom. The van der Waals surface area contributed by atoms with Crippen LogP contribution in [-0.4, -0.2) is 25.1 Å². The molecule has 1 aliphatic heterocycles. The third-order valence-corrected chi connectivity index (χ3v) is 6.30. The van der Waals surface area contributed by atoms with Gasteiger partial charge in [0.1, 0.15) is 5.75 Å². The zero-order chi connectivity index (χ0) is 22.6. The van der Waals surface area contributed by atoms with E-state index in [1.807, 2.05) is 19.1 Å². The molecule has 2 unspecified atom stereocenters. The van der Waals surface area contributed by atoms with Crippen LogP contribution in [0.2, 0.25) is 0 Å². The van der Waals surface area contributed by atoms with Crippen LogP contribution in [0.5, 0.6) is 5.75 Å². The highest BCUT2D eigenvalue weighted by atomic mass is 16.5. The average Bonchev–Trinajstić information content (AvgIpc) is 2.74. The van der Waals surface area contributed by atoms with Crippen molar-refractivity contribution in [2.45, 2.75) is 71.9 Å². The molecular weight excluding hydrogens is 384 g/mol. The summed E-state index contributed by atoms with van der Waals surface area (Å²) in [6.07, 6.45) is 1.95. The molecule has 168 valence electrons. The minimum Gasteiger partial charge on any atom is -0.481 e. The van der Waals surface area contributed by atoms with Gasteiger partial charge in [0.15, 0.2) is 6.10 Å². The second kappa shape index (κ2) is 9.76. The molecule has 0 bridgehead atoms. The van der Waals surface area contributed by atoms with E-state index in [9.17, 15) is 4.79 Å². The highest BCUT2D eigenvalue weighted by molar-refractivity contribution is 5.81. The largest absolute Gasteiger partial charge is 0.481 e. The monoisotopic (exact) mass is 422 g/mol. The Labute approximate surface area is 188 Å². The van der Waals surface area contributed by atoms with Crippen molar-refractivity contribution in [1.82, 2.24) is 5.32 Å². The summed E-state index contributed by atoms with van der Waals surface area (Å²) in [6, 6.07) is 16.5. The highest BCUT2D eigenvalue weighted by Gasteiger charge is 2.20. The van der Waals surface area contributed by atoms with Crippen LogP contribution in [-0.2, 0) is 10.2 Å². The summed E-state index contributed by atoms with van der Waals surface area (Å²) in [6.45, 7) is 14.9. The molecule has 2 atom stereocenters. The number of carbonyl (C=O) groups excluding carboxylic acids is 1. The van der Waals surface area contributed by atoms with Gasteiger partial charge < -0.3 is 15.0 Å². The van der Waals surface area contributed by atoms with Gasteiger partial charge in [0.2, 0.25) is 0 Å². The van der Waals surface area contributed by atoms with E-state index in [1.54, 1.807) is 6.92 Å². The van der Waals surface area contributed by atoms with Gasteiger partial charge in [-0.1, -0.05) is 52.0 Å². The first-order valence-electron chi connectivity index (χ1n) is 11.6. The van der Waals surface area contributed by atoms with Crippen molar-refractivity contribution >= 4 is 11.6 Å². The fourth-order valence-corrected chi connectivity index (χ4v) is 3.95. The van der Waals surface area contributed by atoms with Crippen LogP contribution >= 0.6 is 0 Å². The summed E-state index contributed by atoms with van der Waals surface area (Å²) < 4.78 is 5.87. The molecule has 31 heavy (non-hydrogen) atoms. The summed E-state index contributed by atoms with van der Waals surface area (Å²) in [5.41, 5.74) is 3.71. The number of carbonyl (C=O) groups is 1. The lowest BCUT2D eigenvalue weighted by molar-refractivity contribution is -0.127. The van der Waals surface area contributed by atoms with Crippen LogP contribution in [0.4, 0.5) is 5.69 Å². The third-order valence-electron chi connectivity index (χ3n) is 6.30. The molecule has 4 heteroatoms. The van der Waals surface area contributed by atoms with Crippen molar-refractivity contribution in [1.29, 1.82) is 0 Å². The molecule has 1 heterocycles. The number of ether oxygens (including phenoxy) is 1. The summed E-state index contributed by atoms with van der Waals surface area (Å²) >= 11 is 0. The van der Waals surface area contributed by atoms with E-state index in [0.717, 1.165) is 24.6 Å². The van der Waals surface area contributed by atoms with Crippen molar-refractivity contribution in [2.75, 3.05) is 18.0 Å². The SMILES string of the molecule is CC1CCN(c2ccc(C(C)NC(=O)C(C)Oc3ccc(C(C)(C)C)cc3)cc2)CC1. The maximum Gasteiger partial charge on any atom is 0.261 e. The van der Waals surface area contributed by atoms with E-state index in [1.165, 1.54) is 24.1 Å². The molecule has 1 aliphatic rings. The fraction of sp³-hybridized carbons (Fsp3) is 0.519. The smallest absolute Gasteiger partial charge is 0.261 e. The zero-order valence-corrected chi connectivity index (χ0v) is 19.9. The van der Waals surface area contributed by atoms with Crippen LogP contribution in [0.15, 0.2) is 48.5 Å². The average molecular weight is 423 g/mol. The number of anilines is 1. The summed E-state index contributed by atoms with van der Waals surface area (Å²) in [5, 5.41) is 3.08. The number of nitrogens with zero attached hydrogens (tertiary/aromatic N) is 1. The van der Waals surface area contributed by atoms with E-state index >= 15 is 0 Å². The molecule has 2 aromatic rings. The molecular formula is C27H38N2O2. The van der Waals surface area contributed by atoms with E-state index in [4.69, 9.17) is 4.74 Å². The van der Waals surface area contributed by atoms with Gasteiger partial charge in [0.05, 0.1) is 6.04 Å². The van der Waals surface area contributed by atoms with Crippen LogP contribution in [0.3, 0.4) is 0 Å². The normalized spacial score (nSPS) is 17.2. The lowest BCUT2D eigenvalue weighted by Gasteiger charge is -2.32. The van der Waals surface area contributed by atoms with Crippen LogP contribution < -0.4 is 15.0 Å². The topological polar surface area (TPSA) is 41.6 Å². The number of nitrogens with one attached hydrogen (secondary N) is 1. The Kier molecular flexibility index (Phi) is 7.30. The molecule has 4 nitrogen and oxygen atoms in total. The fourth-order valence-electron chi connectivity index (χ4n) is 3.95. The number of rotatable bonds is 6. The van der Waals surface area contributed by atoms with Crippen molar-refractivity contribution in [3.05, 3.63) is 59.7 Å². The van der Waals surface area contributed by atoms with Crippen molar-refractivity contribution in [2.24, 2.45) is 5.92 Å². The first-order chi connectivity index (χ1) is 14.6. The summed E-state index contributed by atoms with van der Waals surface area (Å²) in [5.74, 6) is 1.43. The molecule has 0 aliphatic carbocycles. The lowest BCUT2D eigenvalue weighted by atomic mass is 9.87. The highest BCUT2D eigenvalue weighted by Crippen LogP contribution is 2.26. The van der Waals surface area contributed by atoms with Crippen molar-refractivity contribution < 1.29 is 9.53 Å². The van der Waals surface area contributed by atoms with Crippen molar-refractivity contribution in [3.8, 4) is 5.75 Å². The Balaban J connectivity index is 1.53. The molecule has 1 fully saturated rings. The minimum absolute atomic E-state index is 0.0720. The predicted molar refractivity (Wildman–Crippen MR) is 129 cm³/mol. The minimum atomic E-state index is -0.558. The second-order valence-electron chi connectivity index (χ2n) is 10.0. The Morgan fingerprint density at radius 3 is 2.13 bits per heavy atom. The molecule has 0 radical (unpaired) electrons. The molecule has 0 aromatic heterocycles. The second-order valence-corrected chi connectivity index (χ2v) is 10.0. The lowest BCUT2D eigenvalue weighted by Crippen LogP contribution is -2.37. The van der Waals surface area contributed by atoms with Crippen LogP contribution in [0, 0.1) is 5.92 Å². The van der Waals surface area contributed by atoms with E-state index < -0.39 is 6.10 Å². The van der Waals surface area contributed by atoms with Crippen molar-refractivity contribution in [3.63, 3.8) is 0 Å². The summed E-state index contributed by atoms with van der Waals surface area (Å²) in [4.78, 5) is 15.1. The van der Waals surface area contributed by atoms with Crippen LogP contribution in [0.25, 0.3) is 0 Å². The Hall–Kier alpha value is -2.49. The Bertz CT molecular complexity index is 844. The third kappa shape index (κ3) is 6.25. The molecule has 1 amide bonds. The molecule has 3 rings (SSSR count). The molecule has 0 saturated carbocycles. The van der Waals surface area contributed by atoms with Crippen LogP contribution in [0.1, 0.15) is 71.6 Å². The quantitative estimate of drug-likeness (QED) is 0.633. The van der Waals surface area contributed by atoms with E-state index in [2.05, 4.69) is 74.3 Å². The zero-order valence-electron chi connectivity index (χ0n) is 19.9. The maximum absolute atomic E-state index is 12.7. The van der Waals surface area contributed by atoms with Gasteiger partial charge in [-0.15, -0.1) is 0 Å². The molecule has 0 spiro atoms. The number of hydrogen-bond acceptors (Lipinski definition) is 3. The Morgan fingerprint density at radius 1 is 1.00 bits per heavy atom. The first-order valence-corrected chi connectivity index (χ1v) is 11.6.